The summed E-state index contributed by atoms with van der Waals surface area (Å²) in [6.45, 7) is 0.624. The van der Waals surface area contributed by atoms with Crippen LogP contribution in [0, 0.1) is 21.0 Å². The number of halogens is 4. The lowest BCUT2D eigenvalue weighted by Gasteiger charge is -2.16. The van der Waals surface area contributed by atoms with Gasteiger partial charge in [0, 0.05) is 22.2 Å². The second kappa shape index (κ2) is 12.6. The molecular weight excluding hydrogens is 586 g/mol. The van der Waals surface area contributed by atoms with Crippen molar-refractivity contribution in [2.75, 3.05) is 44.8 Å². The van der Waals surface area contributed by atoms with Gasteiger partial charge in [0.2, 0.25) is 0 Å². The third-order valence-electron chi connectivity index (χ3n) is 4.69. The van der Waals surface area contributed by atoms with Crippen molar-refractivity contribution < 1.29 is 37.5 Å². The zero-order valence-electron chi connectivity index (χ0n) is 18.1. The predicted molar refractivity (Wildman–Crippen MR) is 128 cm³/mol. The Hall–Kier alpha value is -3.11. The number of aliphatic hydroxyl groups is 1. The van der Waals surface area contributed by atoms with Gasteiger partial charge in [-0.15, -0.1) is 0 Å². The number of benzene rings is 2. The summed E-state index contributed by atoms with van der Waals surface area (Å²) < 4.78 is 44.7. The van der Waals surface area contributed by atoms with Gasteiger partial charge >= 0.3 is 6.03 Å². The van der Waals surface area contributed by atoms with Gasteiger partial charge in [0.25, 0.3) is 5.91 Å². The smallest absolute Gasteiger partial charge is 0.317 e. The van der Waals surface area contributed by atoms with Crippen molar-refractivity contribution >= 4 is 52.1 Å². The van der Waals surface area contributed by atoms with Crippen molar-refractivity contribution in [2.24, 2.45) is 5.16 Å². The summed E-state index contributed by atoms with van der Waals surface area (Å²) >= 11 is 1.88. The molecule has 0 aromatic heterocycles. The molecule has 1 fully saturated rings. The van der Waals surface area contributed by atoms with E-state index in [0.717, 1.165) is 12.3 Å². The van der Waals surface area contributed by atoms with Crippen LogP contribution in [-0.2, 0) is 9.68 Å². The number of aliphatic hydroxyl groups excluding tert-OH is 1. The normalized spacial score (nSPS) is 13.3. The Balaban J connectivity index is 1.83. The van der Waals surface area contributed by atoms with Gasteiger partial charge in [0.15, 0.2) is 11.6 Å². The Kier molecular flexibility index (Phi) is 9.50. The van der Waals surface area contributed by atoms with Crippen molar-refractivity contribution in [3.63, 3.8) is 0 Å². The second-order valence-corrected chi connectivity index (χ2v) is 8.30. The number of rotatable bonds is 11. The summed E-state index contributed by atoms with van der Waals surface area (Å²) in [7, 11) is 0. The first-order chi connectivity index (χ1) is 16.8. The fourth-order valence-electron chi connectivity index (χ4n) is 3.01. The van der Waals surface area contributed by atoms with Crippen LogP contribution in [0.5, 0.6) is 0 Å². The number of nitrogens with zero attached hydrogens (tertiary/aromatic N) is 2. The quantitative estimate of drug-likeness (QED) is 0.135. The van der Waals surface area contributed by atoms with E-state index in [1.54, 1.807) is 0 Å². The Bertz CT molecular complexity index is 1120. The van der Waals surface area contributed by atoms with Crippen molar-refractivity contribution in [2.45, 2.75) is 0 Å². The van der Waals surface area contributed by atoms with Crippen LogP contribution in [0.1, 0.15) is 15.9 Å². The van der Waals surface area contributed by atoms with Crippen molar-refractivity contribution in [3.8, 4) is 0 Å². The molecular formula is C21H21F3IN5O5. The van der Waals surface area contributed by atoms with Crippen LogP contribution >= 0.6 is 22.6 Å². The largest absolute Gasteiger partial charge is 0.394 e. The number of nitrogens with one attached hydrogen (secondary N) is 3. The number of anilines is 2. The first-order valence-electron chi connectivity index (χ1n) is 10.3. The first-order valence-corrected chi connectivity index (χ1v) is 11.3. The van der Waals surface area contributed by atoms with Crippen LogP contribution in [-0.4, -0.2) is 67.6 Å². The van der Waals surface area contributed by atoms with E-state index in [1.165, 1.54) is 23.1 Å². The summed E-state index contributed by atoms with van der Waals surface area (Å²) in [6, 6.07) is 4.75. The monoisotopic (exact) mass is 607 g/mol. The lowest BCUT2D eigenvalue weighted by atomic mass is 10.1. The maximum absolute atomic E-state index is 15.0. The molecule has 2 aromatic rings. The van der Waals surface area contributed by atoms with Gasteiger partial charge in [0.05, 0.1) is 42.9 Å². The SMILES string of the molecule is O=C(NOCCO)c1cc(/C=N\OCCN2CCNC2=O)c(F)c(F)c1Nc1ccc(I)cc1F. The topological polar surface area (TPSA) is 125 Å². The summed E-state index contributed by atoms with van der Waals surface area (Å²) in [5.41, 5.74) is 0.320. The van der Waals surface area contributed by atoms with Gasteiger partial charge < -0.3 is 25.5 Å². The molecule has 188 valence electrons. The molecule has 0 bridgehead atoms. The Labute approximate surface area is 211 Å². The first kappa shape index (κ1) is 26.5. The van der Waals surface area contributed by atoms with Gasteiger partial charge in [-0.3, -0.25) is 9.63 Å². The van der Waals surface area contributed by atoms with Gasteiger partial charge in [0.1, 0.15) is 12.4 Å². The van der Waals surface area contributed by atoms with E-state index >= 15 is 4.39 Å². The molecule has 35 heavy (non-hydrogen) atoms. The number of hydroxylamine groups is 1. The molecule has 14 heteroatoms. The van der Waals surface area contributed by atoms with Crippen LogP contribution < -0.4 is 16.1 Å². The molecule has 4 N–H and O–H groups in total. The van der Waals surface area contributed by atoms with E-state index in [-0.39, 0.29) is 31.5 Å². The predicted octanol–water partition coefficient (Wildman–Crippen LogP) is 2.48. The molecule has 3 amide bonds. The number of carbonyl (C=O) groups excluding carboxylic acids is 2. The van der Waals surface area contributed by atoms with E-state index in [1.807, 2.05) is 28.1 Å². The zero-order valence-corrected chi connectivity index (χ0v) is 20.3. The van der Waals surface area contributed by atoms with E-state index in [0.29, 0.717) is 16.7 Å². The number of urea groups is 1. The van der Waals surface area contributed by atoms with Crippen LogP contribution in [0.4, 0.5) is 29.3 Å². The molecule has 2 aromatic carbocycles. The minimum absolute atomic E-state index is 0.00207. The van der Waals surface area contributed by atoms with Crippen LogP contribution in [0.2, 0.25) is 0 Å². The summed E-state index contributed by atoms with van der Waals surface area (Å²) in [5.74, 6) is -4.56. The molecule has 0 radical (unpaired) electrons. The van der Waals surface area contributed by atoms with E-state index < -0.39 is 46.8 Å². The average Bonchev–Trinajstić information content (AvgIpc) is 3.24. The molecule has 3 rings (SSSR count). The number of hydrogen-bond donors (Lipinski definition) is 4. The Morgan fingerprint density at radius 1 is 1.26 bits per heavy atom. The summed E-state index contributed by atoms with van der Waals surface area (Å²) in [6.07, 6.45) is 0.864. The third-order valence-corrected chi connectivity index (χ3v) is 5.36. The van der Waals surface area contributed by atoms with E-state index in [9.17, 15) is 18.4 Å². The number of amides is 3. The summed E-state index contributed by atoms with van der Waals surface area (Å²) in [5, 5.41) is 17.4. The van der Waals surface area contributed by atoms with Crippen molar-refractivity contribution in [1.29, 1.82) is 0 Å². The maximum atomic E-state index is 15.0. The highest BCUT2D eigenvalue weighted by Gasteiger charge is 2.24. The van der Waals surface area contributed by atoms with Gasteiger partial charge in [-0.05, 0) is 46.9 Å². The minimum atomic E-state index is -1.46. The third kappa shape index (κ3) is 6.95. The van der Waals surface area contributed by atoms with Gasteiger partial charge in [-0.2, -0.15) is 0 Å². The fourth-order valence-corrected chi connectivity index (χ4v) is 3.46. The van der Waals surface area contributed by atoms with E-state index in [4.69, 9.17) is 14.8 Å². The van der Waals surface area contributed by atoms with Crippen molar-refractivity contribution in [3.05, 3.63) is 56.4 Å². The van der Waals surface area contributed by atoms with Gasteiger partial charge in [-0.25, -0.2) is 23.4 Å². The molecule has 1 heterocycles. The van der Waals surface area contributed by atoms with E-state index in [2.05, 4.69) is 15.8 Å². The number of hydrogen-bond acceptors (Lipinski definition) is 7. The molecule has 0 atom stereocenters. The molecule has 0 aliphatic carbocycles. The second-order valence-electron chi connectivity index (χ2n) is 7.06. The van der Waals surface area contributed by atoms with Crippen LogP contribution in [0.3, 0.4) is 0 Å². The number of carbonyl (C=O) groups is 2. The highest BCUT2D eigenvalue weighted by molar-refractivity contribution is 14.1. The number of oxime groups is 1. The highest BCUT2D eigenvalue weighted by Crippen LogP contribution is 2.30. The van der Waals surface area contributed by atoms with Gasteiger partial charge in [-0.1, -0.05) is 5.16 Å². The maximum Gasteiger partial charge on any atom is 0.317 e. The fraction of sp³-hybridized carbons (Fsp3) is 0.286. The van der Waals surface area contributed by atoms with Crippen LogP contribution in [0.25, 0.3) is 0 Å². The summed E-state index contributed by atoms with van der Waals surface area (Å²) in [4.78, 5) is 35.3. The molecule has 1 aliphatic heterocycles. The zero-order chi connectivity index (χ0) is 25.4. The highest BCUT2D eigenvalue weighted by atomic mass is 127. The molecule has 0 saturated carbocycles. The Morgan fingerprint density at radius 3 is 2.74 bits per heavy atom. The lowest BCUT2D eigenvalue weighted by Crippen LogP contribution is -2.30. The van der Waals surface area contributed by atoms with Crippen molar-refractivity contribution in [1.82, 2.24) is 15.7 Å². The molecule has 0 unspecified atom stereocenters. The lowest BCUT2D eigenvalue weighted by molar-refractivity contribution is 0.0168. The molecule has 10 nitrogen and oxygen atoms in total. The Morgan fingerprint density at radius 2 is 2.06 bits per heavy atom. The molecule has 0 spiro atoms. The average molecular weight is 607 g/mol. The van der Waals surface area contributed by atoms with Crippen LogP contribution in [0.15, 0.2) is 29.4 Å². The molecule has 1 saturated heterocycles. The minimum Gasteiger partial charge on any atom is -0.394 e. The molecule has 1 aliphatic rings. The standard InChI is InChI=1S/C21H21F3IN5O5/c22-15-10-13(25)1-2-16(15)28-19-14(20(32)29-35-8-6-31)9-12(17(23)18(19)24)11-27-34-7-5-30-4-3-26-21(30)33/h1-2,9-11,28,31H,3-8H2,(H,26,33)(H,29,32)/b27-11-.